The van der Waals surface area contributed by atoms with Gasteiger partial charge in [0.1, 0.15) is 5.82 Å². The van der Waals surface area contributed by atoms with Crippen LogP contribution in [0.4, 0.5) is 10.1 Å². The van der Waals surface area contributed by atoms with E-state index in [1.807, 2.05) is 12.1 Å². The first-order chi connectivity index (χ1) is 13.8. The summed E-state index contributed by atoms with van der Waals surface area (Å²) >= 11 is 0. The van der Waals surface area contributed by atoms with Crippen LogP contribution in [0, 0.1) is 5.82 Å². The summed E-state index contributed by atoms with van der Waals surface area (Å²) in [5.74, 6) is 0.789. The number of hydrogen-bond donors (Lipinski definition) is 1. The lowest BCUT2D eigenvalue weighted by molar-refractivity contribution is -0.0318. The molecule has 2 aliphatic heterocycles. The quantitative estimate of drug-likeness (QED) is 0.259. The molecule has 29 heavy (non-hydrogen) atoms. The van der Waals surface area contributed by atoms with E-state index in [4.69, 9.17) is 14.5 Å². The average molecular weight is 520 g/mol. The van der Waals surface area contributed by atoms with Gasteiger partial charge in [-0.3, -0.25) is 4.99 Å². The van der Waals surface area contributed by atoms with Crippen LogP contribution in [0.25, 0.3) is 0 Å². The number of halogens is 2. The van der Waals surface area contributed by atoms with Crippen molar-refractivity contribution in [1.82, 2.24) is 10.2 Å². The summed E-state index contributed by atoms with van der Waals surface area (Å²) in [4.78, 5) is 9.39. The number of anilines is 1. The van der Waals surface area contributed by atoms with Gasteiger partial charge in [-0.1, -0.05) is 0 Å². The van der Waals surface area contributed by atoms with E-state index < -0.39 is 0 Å². The van der Waals surface area contributed by atoms with E-state index in [1.165, 1.54) is 12.1 Å². The van der Waals surface area contributed by atoms with Crippen molar-refractivity contribution in [2.45, 2.75) is 32.3 Å². The van der Waals surface area contributed by atoms with Crippen LogP contribution in [0.3, 0.4) is 0 Å². The van der Waals surface area contributed by atoms with Gasteiger partial charge in [0.15, 0.2) is 5.96 Å². The summed E-state index contributed by atoms with van der Waals surface area (Å²) in [5, 5.41) is 3.41. The molecule has 0 atom stereocenters. The van der Waals surface area contributed by atoms with Crippen LogP contribution in [0.5, 0.6) is 0 Å². The lowest BCUT2D eigenvalue weighted by Gasteiger charge is -2.37. The number of nitrogens with zero attached hydrogens (tertiary/aromatic N) is 3. The maximum atomic E-state index is 13.1. The molecule has 0 spiro atoms. The van der Waals surface area contributed by atoms with Crippen LogP contribution < -0.4 is 10.2 Å². The standard InChI is InChI=1S/C21H33FN4O2.HI/c1-2-23-21(24-10-3-15-28-20-8-16-27-17-9-20)26-13-11-25(12-14-26)19-6-4-18(22)5-7-19;/h4-7,20H,2-3,8-17H2,1H3,(H,23,24);1H. The zero-order valence-electron chi connectivity index (χ0n) is 17.3. The van der Waals surface area contributed by atoms with Crippen molar-refractivity contribution in [1.29, 1.82) is 0 Å². The van der Waals surface area contributed by atoms with E-state index in [9.17, 15) is 4.39 Å². The molecule has 1 aromatic carbocycles. The maximum absolute atomic E-state index is 13.1. The molecule has 1 aromatic rings. The minimum atomic E-state index is -0.190. The van der Waals surface area contributed by atoms with Gasteiger partial charge in [0, 0.05) is 64.8 Å². The van der Waals surface area contributed by atoms with Crippen molar-refractivity contribution in [3.05, 3.63) is 30.1 Å². The molecule has 0 aromatic heterocycles. The fraction of sp³-hybridized carbons (Fsp3) is 0.667. The maximum Gasteiger partial charge on any atom is 0.194 e. The van der Waals surface area contributed by atoms with Crippen LogP contribution in [0.2, 0.25) is 0 Å². The summed E-state index contributed by atoms with van der Waals surface area (Å²) in [6, 6.07) is 6.75. The monoisotopic (exact) mass is 520 g/mol. The Morgan fingerprint density at radius 2 is 1.86 bits per heavy atom. The van der Waals surface area contributed by atoms with Crippen molar-refractivity contribution >= 4 is 35.6 Å². The highest BCUT2D eigenvalue weighted by Gasteiger charge is 2.20. The second-order valence-corrected chi connectivity index (χ2v) is 7.22. The summed E-state index contributed by atoms with van der Waals surface area (Å²) in [6.07, 6.45) is 3.29. The van der Waals surface area contributed by atoms with Gasteiger partial charge in [-0.15, -0.1) is 24.0 Å². The molecule has 2 aliphatic rings. The highest BCUT2D eigenvalue weighted by atomic mass is 127. The van der Waals surface area contributed by atoms with Crippen LogP contribution in [-0.4, -0.2) is 76.1 Å². The normalized spacial score (nSPS) is 18.5. The lowest BCUT2D eigenvalue weighted by atomic mass is 10.1. The highest BCUT2D eigenvalue weighted by Crippen LogP contribution is 2.17. The van der Waals surface area contributed by atoms with Gasteiger partial charge in [0.2, 0.25) is 0 Å². The lowest BCUT2D eigenvalue weighted by Crippen LogP contribution is -2.52. The summed E-state index contributed by atoms with van der Waals surface area (Å²) in [5.41, 5.74) is 1.08. The molecule has 3 rings (SSSR count). The molecule has 0 unspecified atom stereocenters. The number of nitrogens with one attached hydrogen (secondary N) is 1. The number of aliphatic imine (C=N–C) groups is 1. The van der Waals surface area contributed by atoms with E-state index in [0.717, 1.165) is 90.0 Å². The van der Waals surface area contributed by atoms with Gasteiger partial charge in [-0.25, -0.2) is 4.39 Å². The molecule has 0 amide bonds. The third-order valence-electron chi connectivity index (χ3n) is 5.19. The van der Waals surface area contributed by atoms with Gasteiger partial charge in [-0.2, -0.15) is 0 Å². The third-order valence-corrected chi connectivity index (χ3v) is 5.19. The summed E-state index contributed by atoms with van der Waals surface area (Å²) in [7, 11) is 0. The van der Waals surface area contributed by atoms with Gasteiger partial charge >= 0.3 is 0 Å². The Kier molecular flexibility index (Phi) is 11.0. The third kappa shape index (κ3) is 7.90. The number of hydrogen-bond acceptors (Lipinski definition) is 4. The molecule has 6 nitrogen and oxygen atoms in total. The van der Waals surface area contributed by atoms with Crippen molar-refractivity contribution in [2.75, 3.05) is 64.0 Å². The van der Waals surface area contributed by atoms with Crippen molar-refractivity contribution in [2.24, 2.45) is 4.99 Å². The minimum absolute atomic E-state index is 0. The number of ether oxygens (including phenoxy) is 2. The molecule has 2 heterocycles. The second-order valence-electron chi connectivity index (χ2n) is 7.22. The average Bonchev–Trinajstić information content (AvgIpc) is 2.74. The number of guanidine groups is 1. The summed E-state index contributed by atoms with van der Waals surface area (Å²) < 4.78 is 24.4. The zero-order chi connectivity index (χ0) is 19.6. The van der Waals surface area contributed by atoms with Crippen molar-refractivity contribution in [3.63, 3.8) is 0 Å². The van der Waals surface area contributed by atoms with Crippen LogP contribution in [0.1, 0.15) is 26.2 Å². The molecule has 1 N–H and O–H groups in total. The molecule has 2 saturated heterocycles. The minimum Gasteiger partial charge on any atom is -0.381 e. The van der Waals surface area contributed by atoms with E-state index in [1.54, 1.807) is 0 Å². The Morgan fingerprint density at radius 3 is 2.52 bits per heavy atom. The number of rotatable bonds is 7. The molecule has 0 radical (unpaired) electrons. The molecule has 8 heteroatoms. The van der Waals surface area contributed by atoms with Crippen molar-refractivity contribution in [3.8, 4) is 0 Å². The molecule has 0 bridgehead atoms. The predicted octanol–water partition coefficient (Wildman–Crippen LogP) is 3.12. The Hall–Kier alpha value is -1.13. The molecule has 164 valence electrons. The topological polar surface area (TPSA) is 49.3 Å². The van der Waals surface area contributed by atoms with Crippen molar-refractivity contribution < 1.29 is 13.9 Å². The second kappa shape index (κ2) is 13.2. The fourth-order valence-electron chi connectivity index (χ4n) is 3.60. The number of piperazine rings is 1. The van der Waals surface area contributed by atoms with E-state index >= 15 is 0 Å². The Labute approximate surface area is 190 Å². The summed E-state index contributed by atoms with van der Waals surface area (Å²) in [6.45, 7) is 9.73. The Bertz CT molecular complexity index is 603. The predicted molar refractivity (Wildman–Crippen MR) is 126 cm³/mol. The molecule has 0 aliphatic carbocycles. The van der Waals surface area contributed by atoms with Crippen LogP contribution in [0.15, 0.2) is 29.3 Å². The Morgan fingerprint density at radius 1 is 1.17 bits per heavy atom. The van der Waals surface area contributed by atoms with Gasteiger partial charge in [-0.05, 0) is 50.5 Å². The molecular weight excluding hydrogens is 486 g/mol. The van der Waals surface area contributed by atoms with E-state index in [2.05, 4.69) is 22.0 Å². The first-order valence-corrected chi connectivity index (χ1v) is 10.5. The largest absolute Gasteiger partial charge is 0.381 e. The number of benzene rings is 1. The van der Waals surface area contributed by atoms with Gasteiger partial charge in [0.25, 0.3) is 0 Å². The zero-order valence-corrected chi connectivity index (χ0v) is 19.6. The van der Waals surface area contributed by atoms with Crippen LogP contribution in [-0.2, 0) is 9.47 Å². The smallest absolute Gasteiger partial charge is 0.194 e. The van der Waals surface area contributed by atoms with Gasteiger partial charge in [0.05, 0.1) is 6.10 Å². The van der Waals surface area contributed by atoms with E-state index in [-0.39, 0.29) is 29.8 Å². The highest BCUT2D eigenvalue weighted by molar-refractivity contribution is 14.0. The molecule has 0 saturated carbocycles. The fourth-order valence-corrected chi connectivity index (χ4v) is 3.60. The van der Waals surface area contributed by atoms with Gasteiger partial charge < -0.3 is 24.6 Å². The first kappa shape index (κ1) is 24.1. The SMILES string of the molecule is CCNC(=NCCCOC1CCOCC1)N1CCN(c2ccc(F)cc2)CC1.I. The van der Waals surface area contributed by atoms with E-state index in [0.29, 0.717) is 6.10 Å². The Balaban J connectivity index is 0.00000300. The van der Waals surface area contributed by atoms with Crippen LogP contribution >= 0.6 is 24.0 Å². The molecule has 2 fully saturated rings. The first-order valence-electron chi connectivity index (χ1n) is 10.5. The molecular formula is C21H34FIN4O2.